The Labute approximate surface area is 211 Å². The number of nitrogens with one attached hydrogen (secondary N) is 1. The van der Waals surface area contributed by atoms with Crippen LogP contribution in [0.15, 0.2) is 109 Å². The van der Waals surface area contributed by atoms with E-state index >= 15 is 0 Å². The fourth-order valence-electron chi connectivity index (χ4n) is 3.74. The Morgan fingerprint density at radius 1 is 0.771 bits per heavy atom. The van der Waals surface area contributed by atoms with Gasteiger partial charge in [-0.2, -0.15) is 0 Å². The number of benzene rings is 4. The van der Waals surface area contributed by atoms with Crippen LogP contribution in [0.4, 0.5) is 5.69 Å². The Bertz CT molecular complexity index is 1530. The van der Waals surface area contributed by atoms with E-state index in [-0.39, 0.29) is 11.7 Å². The Hall–Kier alpha value is -4.06. The predicted molar refractivity (Wildman–Crippen MR) is 142 cm³/mol. The van der Waals surface area contributed by atoms with Gasteiger partial charge in [0.1, 0.15) is 5.01 Å². The number of halogens is 1. The van der Waals surface area contributed by atoms with Crippen molar-refractivity contribution in [3.8, 4) is 21.8 Å². The maximum absolute atomic E-state index is 13.2. The summed E-state index contributed by atoms with van der Waals surface area (Å²) in [5, 5.41) is 6.37. The molecule has 0 aliphatic heterocycles. The summed E-state index contributed by atoms with van der Waals surface area (Å²) in [5.41, 5.74) is 4.37. The van der Waals surface area contributed by atoms with Crippen molar-refractivity contribution in [2.45, 2.75) is 0 Å². The number of hydrogen-bond acceptors (Lipinski definition) is 4. The zero-order valence-electron chi connectivity index (χ0n) is 18.4. The Morgan fingerprint density at radius 2 is 1.49 bits per heavy atom. The van der Waals surface area contributed by atoms with Crippen molar-refractivity contribution in [1.29, 1.82) is 0 Å². The topological polar surface area (TPSA) is 59.1 Å². The van der Waals surface area contributed by atoms with Gasteiger partial charge in [-0.25, -0.2) is 4.98 Å². The second-order valence-electron chi connectivity index (χ2n) is 7.79. The molecule has 0 unspecified atom stereocenters. The Balaban J connectivity index is 1.39. The Kier molecular flexibility index (Phi) is 6.53. The van der Waals surface area contributed by atoms with Gasteiger partial charge in [0.25, 0.3) is 5.91 Å². The van der Waals surface area contributed by atoms with Crippen molar-refractivity contribution in [2.24, 2.45) is 0 Å². The standard InChI is InChI=1S/C29H19ClN2O2S/c30-25-16-7-6-15-24(25)29-32-26(18-35-29)20-11-8-12-21(17-20)31-28(34)23-14-5-4-13-22(23)27(33)19-9-2-1-3-10-19/h1-18H,(H,31,34). The zero-order chi connectivity index (χ0) is 24.2. The van der Waals surface area contributed by atoms with E-state index in [1.165, 1.54) is 11.3 Å². The van der Waals surface area contributed by atoms with Gasteiger partial charge in [0, 0.05) is 33.3 Å². The SMILES string of the molecule is O=C(Nc1cccc(-c2csc(-c3ccccc3Cl)n2)c1)c1ccccc1C(=O)c1ccccc1. The van der Waals surface area contributed by atoms with Gasteiger partial charge in [-0.1, -0.05) is 90.5 Å². The lowest BCUT2D eigenvalue weighted by Gasteiger charge is -2.10. The summed E-state index contributed by atoms with van der Waals surface area (Å²) in [6.45, 7) is 0. The lowest BCUT2D eigenvalue weighted by molar-refractivity contribution is 0.0996. The van der Waals surface area contributed by atoms with E-state index in [0.29, 0.717) is 27.4 Å². The summed E-state index contributed by atoms with van der Waals surface area (Å²) >= 11 is 7.83. The third kappa shape index (κ3) is 4.92. The van der Waals surface area contributed by atoms with Crippen molar-refractivity contribution in [3.63, 3.8) is 0 Å². The summed E-state index contributed by atoms with van der Waals surface area (Å²) < 4.78 is 0. The van der Waals surface area contributed by atoms with Crippen molar-refractivity contribution >= 4 is 40.3 Å². The third-order valence-corrected chi connectivity index (χ3v) is 6.68. The number of nitrogens with zero attached hydrogens (tertiary/aromatic N) is 1. The number of carbonyl (C=O) groups excluding carboxylic acids is 2. The molecule has 0 atom stereocenters. The van der Waals surface area contributed by atoms with Crippen molar-refractivity contribution < 1.29 is 9.59 Å². The molecule has 5 rings (SSSR count). The highest BCUT2D eigenvalue weighted by molar-refractivity contribution is 7.13. The summed E-state index contributed by atoms with van der Waals surface area (Å²) in [6, 6.07) is 30.8. The van der Waals surface area contributed by atoms with Crippen molar-refractivity contribution in [2.75, 3.05) is 5.32 Å². The van der Waals surface area contributed by atoms with Crippen LogP contribution < -0.4 is 5.32 Å². The lowest BCUT2D eigenvalue weighted by Crippen LogP contribution is -2.17. The predicted octanol–water partition coefficient (Wildman–Crippen LogP) is 7.61. The third-order valence-electron chi connectivity index (χ3n) is 5.48. The maximum atomic E-state index is 13.2. The molecule has 0 saturated heterocycles. The van der Waals surface area contributed by atoms with Gasteiger partial charge in [-0.05, 0) is 24.3 Å². The Morgan fingerprint density at radius 3 is 2.29 bits per heavy atom. The van der Waals surface area contributed by atoms with E-state index < -0.39 is 0 Å². The van der Waals surface area contributed by atoms with Crippen LogP contribution in [0, 0.1) is 0 Å². The molecule has 1 aromatic heterocycles. The van der Waals surface area contributed by atoms with E-state index in [4.69, 9.17) is 16.6 Å². The van der Waals surface area contributed by atoms with Gasteiger partial charge < -0.3 is 5.32 Å². The van der Waals surface area contributed by atoms with Crippen molar-refractivity contribution in [1.82, 2.24) is 4.98 Å². The van der Waals surface area contributed by atoms with Gasteiger partial charge in [0.05, 0.1) is 16.3 Å². The van der Waals surface area contributed by atoms with Crippen LogP contribution in [0.2, 0.25) is 5.02 Å². The molecule has 1 N–H and O–H groups in total. The zero-order valence-corrected chi connectivity index (χ0v) is 20.0. The first kappa shape index (κ1) is 22.7. The average molecular weight is 495 g/mol. The molecule has 6 heteroatoms. The summed E-state index contributed by atoms with van der Waals surface area (Å²) in [7, 11) is 0. The van der Waals surface area contributed by atoms with Gasteiger partial charge >= 0.3 is 0 Å². The number of carbonyl (C=O) groups is 2. The molecule has 0 radical (unpaired) electrons. The van der Waals surface area contributed by atoms with Gasteiger partial charge in [-0.15, -0.1) is 11.3 Å². The molecule has 4 nitrogen and oxygen atoms in total. The molecule has 0 saturated carbocycles. The normalized spacial score (nSPS) is 10.7. The molecule has 0 bridgehead atoms. The van der Waals surface area contributed by atoms with E-state index in [1.54, 1.807) is 48.5 Å². The molecular formula is C29H19ClN2O2S. The molecule has 170 valence electrons. The van der Waals surface area contributed by atoms with Crippen LogP contribution in [0.3, 0.4) is 0 Å². The summed E-state index contributed by atoms with van der Waals surface area (Å²) in [5.74, 6) is -0.545. The van der Waals surface area contributed by atoms with Crippen molar-refractivity contribution in [3.05, 3.63) is 130 Å². The largest absolute Gasteiger partial charge is 0.322 e. The van der Waals surface area contributed by atoms with Crippen LogP contribution in [0.5, 0.6) is 0 Å². The smallest absolute Gasteiger partial charge is 0.256 e. The molecule has 35 heavy (non-hydrogen) atoms. The molecule has 4 aromatic carbocycles. The van der Waals surface area contributed by atoms with Gasteiger partial charge in [0.2, 0.25) is 0 Å². The first-order chi connectivity index (χ1) is 17.1. The fraction of sp³-hybridized carbons (Fsp3) is 0. The number of amides is 1. The second kappa shape index (κ2) is 10.1. The van der Waals surface area contributed by atoms with Crippen LogP contribution in [0.1, 0.15) is 26.3 Å². The molecule has 1 heterocycles. The monoisotopic (exact) mass is 494 g/mol. The highest BCUT2D eigenvalue weighted by atomic mass is 35.5. The van der Waals surface area contributed by atoms with Crippen LogP contribution in [-0.2, 0) is 0 Å². The van der Waals surface area contributed by atoms with Crippen LogP contribution in [-0.4, -0.2) is 16.7 Å². The quantitative estimate of drug-likeness (QED) is 0.247. The molecule has 0 fully saturated rings. The summed E-state index contributed by atoms with van der Waals surface area (Å²) in [6.07, 6.45) is 0. The van der Waals surface area contributed by atoms with E-state index in [9.17, 15) is 9.59 Å². The minimum atomic E-state index is -0.350. The molecule has 0 aliphatic carbocycles. The molecule has 0 aliphatic rings. The molecule has 1 amide bonds. The number of aromatic nitrogens is 1. The average Bonchev–Trinajstić information content (AvgIpc) is 3.39. The highest BCUT2D eigenvalue weighted by Gasteiger charge is 2.18. The maximum Gasteiger partial charge on any atom is 0.256 e. The number of anilines is 1. The highest BCUT2D eigenvalue weighted by Crippen LogP contribution is 2.33. The molecule has 5 aromatic rings. The van der Waals surface area contributed by atoms with Gasteiger partial charge in [0.15, 0.2) is 5.78 Å². The van der Waals surface area contributed by atoms with E-state index in [1.807, 2.05) is 60.0 Å². The second-order valence-corrected chi connectivity index (χ2v) is 9.06. The number of hydrogen-bond donors (Lipinski definition) is 1. The van der Waals surface area contributed by atoms with Gasteiger partial charge in [-0.3, -0.25) is 9.59 Å². The minimum absolute atomic E-state index is 0.195. The number of thiazole rings is 1. The molecular weight excluding hydrogens is 476 g/mol. The van der Waals surface area contributed by atoms with E-state index in [0.717, 1.165) is 21.8 Å². The van der Waals surface area contributed by atoms with E-state index in [2.05, 4.69) is 5.32 Å². The lowest BCUT2D eigenvalue weighted by atomic mass is 9.98. The fourth-order valence-corrected chi connectivity index (χ4v) is 4.89. The first-order valence-electron chi connectivity index (χ1n) is 10.9. The molecule has 0 spiro atoms. The number of ketones is 1. The number of rotatable bonds is 6. The van der Waals surface area contributed by atoms with Crippen LogP contribution >= 0.6 is 22.9 Å². The van der Waals surface area contributed by atoms with Crippen LogP contribution in [0.25, 0.3) is 21.8 Å². The summed E-state index contributed by atoms with van der Waals surface area (Å²) in [4.78, 5) is 30.9. The minimum Gasteiger partial charge on any atom is -0.322 e. The first-order valence-corrected chi connectivity index (χ1v) is 12.2.